The first-order valence-corrected chi connectivity index (χ1v) is 17.4. The lowest BCUT2D eigenvalue weighted by Gasteiger charge is -2.26. The van der Waals surface area contributed by atoms with Gasteiger partial charge in [-0.2, -0.15) is 13.1 Å². The number of rotatable bonds is 14. The van der Waals surface area contributed by atoms with Crippen LogP contribution in [-0.4, -0.2) is 63.8 Å². The summed E-state index contributed by atoms with van der Waals surface area (Å²) in [4.78, 5) is 16.5. The van der Waals surface area contributed by atoms with E-state index in [-0.39, 0.29) is 45.2 Å². The van der Waals surface area contributed by atoms with Gasteiger partial charge in [0.25, 0.3) is 0 Å². The molecule has 248 valence electrons. The Morgan fingerprint density at radius 1 is 1.04 bits per heavy atom. The van der Waals surface area contributed by atoms with Crippen molar-refractivity contribution in [3.8, 4) is 23.0 Å². The van der Waals surface area contributed by atoms with Crippen molar-refractivity contribution < 1.29 is 50.7 Å². The largest absolute Gasteiger partial charge is 0.497 e. The Balaban J connectivity index is 1.48. The van der Waals surface area contributed by atoms with Crippen molar-refractivity contribution in [1.82, 2.24) is 4.31 Å². The van der Waals surface area contributed by atoms with Crippen molar-refractivity contribution in [2.45, 2.75) is 42.2 Å². The molecule has 1 saturated heterocycles. The lowest BCUT2D eigenvalue weighted by Crippen LogP contribution is -2.40. The van der Waals surface area contributed by atoms with Crippen molar-refractivity contribution in [1.29, 1.82) is 0 Å². The molecule has 1 aliphatic heterocycles. The molecule has 0 amide bonds. The molecule has 5 rings (SSSR count). The molecule has 1 aromatic heterocycles. The van der Waals surface area contributed by atoms with E-state index in [1.54, 1.807) is 6.07 Å². The van der Waals surface area contributed by atoms with Gasteiger partial charge in [-0.3, -0.25) is 0 Å². The van der Waals surface area contributed by atoms with Gasteiger partial charge in [0, 0.05) is 30.3 Å². The zero-order valence-electron chi connectivity index (χ0n) is 24.7. The van der Waals surface area contributed by atoms with Crippen LogP contribution in [0.25, 0.3) is 0 Å². The quantitative estimate of drug-likeness (QED) is 0.191. The van der Waals surface area contributed by atoms with Crippen LogP contribution in [0.3, 0.4) is 0 Å². The fraction of sp³-hybridized carbons (Fsp3) is 0.400. The van der Waals surface area contributed by atoms with Crippen LogP contribution >= 0.6 is 35.0 Å². The van der Waals surface area contributed by atoms with E-state index >= 15 is 0 Å². The lowest BCUT2D eigenvalue weighted by molar-refractivity contribution is -0.377. The Kier molecular flexibility index (Phi) is 11.0. The molecule has 0 unspecified atom stereocenters. The average molecular weight is 721 g/mol. The van der Waals surface area contributed by atoms with Crippen molar-refractivity contribution in [3.63, 3.8) is 0 Å². The van der Waals surface area contributed by atoms with Crippen LogP contribution in [0.4, 0.5) is 8.78 Å². The Hall–Kier alpha value is -3.04. The summed E-state index contributed by atoms with van der Waals surface area (Å²) in [6.07, 6.45) is 3.84. The second-order valence-corrected chi connectivity index (χ2v) is 14.3. The summed E-state index contributed by atoms with van der Waals surface area (Å²) in [5.74, 6) is 0.0305. The first-order chi connectivity index (χ1) is 22.0. The zero-order chi connectivity index (χ0) is 33.0. The highest BCUT2D eigenvalue weighted by Gasteiger charge is 2.43. The van der Waals surface area contributed by atoms with Crippen LogP contribution in [0, 0.1) is 5.92 Å². The fourth-order valence-electron chi connectivity index (χ4n) is 4.80. The normalized spacial score (nSPS) is 17.5. The number of halogens is 4. The molecule has 0 bridgehead atoms. The molecule has 0 radical (unpaired) electrons. The molecule has 1 saturated carbocycles. The summed E-state index contributed by atoms with van der Waals surface area (Å²) < 4.78 is 82.2. The average Bonchev–Trinajstić information content (AvgIpc) is 3.72. The standard InChI is InChI=1S/C30H30Cl2F2N2O8S2/c1-40-19-6-8-24(41-2)27(12-19)46(38,39)36-9-10-45-28(36)29(37)43-25(13-20-21(31)14-35-15-22(20)32)18-5-7-23(44-30(33)34)26(11-18)42-16-17-3-4-17/h5-8,11-12,14-15,17,25,28,30H,3-4,9-10,13,16H2,1-2H3/p+1/t25-,28-/m0/s1. The van der Waals surface area contributed by atoms with Gasteiger partial charge in [0.05, 0.1) is 20.8 Å². The molecule has 2 atom stereocenters. The SMILES string of the molecule is COc1ccc(OC)c(S(=O)(=O)N2CCS[C@H]2C(=O)O[C@@H](Cc2c(Cl)c[nH+]cc2Cl)c2ccc(OC(F)F)c(OCC3CC3)c2)c1. The Bertz CT molecular complexity index is 1660. The number of hydrogen-bond donors (Lipinski definition) is 0. The third-order valence-electron chi connectivity index (χ3n) is 7.38. The molecule has 46 heavy (non-hydrogen) atoms. The predicted octanol–water partition coefficient (Wildman–Crippen LogP) is 5.81. The number of methoxy groups -OCH3 is 2. The number of benzene rings is 2. The smallest absolute Gasteiger partial charge is 0.387 e. The molecular formula is C30H31Cl2F2N2O8S2+. The van der Waals surface area contributed by atoms with E-state index in [0.717, 1.165) is 28.9 Å². The fourth-order valence-corrected chi connectivity index (χ4v) is 8.56. The molecule has 16 heteroatoms. The molecule has 3 aromatic rings. The molecule has 10 nitrogen and oxygen atoms in total. The molecule has 1 aliphatic carbocycles. The topological polar surface area (TPSA) is 115 Å². The van der Waals surface area contributed by atoms with Crippen molar-refractivity contribution in [2.24, 2.45) is 5.92 Å². The van der Waals surface area contributed by atoms with Gasteiger partial charge in [-0.15, -0.1) is 11.8 Å². The van der Waals surface area contributed by atoms with E-state index < -0.39 is 34.1 Å². The van der Waals surface area contributed by atoms with Gasteiger partial charge in [0.1, 0.15) is 32.5 Å². The molecule has 2 heterocycles. The number of esters is 1. The van der Waals surface area contributed by atoms with Gasteiger partial charge >= 0.3 is 12.6 Å². The van der Waals surface area contributed by atoms with E-state index in [1.165, 1.54) is 56.9 Å². The number of alkyl halides is 2. The summed E-state index contributed by atoms with van der Waals surface area (Å²) in [5.41, 5.74) is 0.811. The number of carbonyl (C=O) groups excluding carboxylic acids is 1. The summed E-state index contributed by atoms with van der Waals surface area (Å²) in [5, 5.41) is -0.715. The summed E-state index contributed by atoms with van der Waals surface area (Å²) in [7, 11) is -1.52. The van der Waals surface area contributed by atoms with Crippen LogP contribution < -0.4 is 23.9 Å². The highest BCUT2D eigenvalue weighted by atomic mass is 35.5. The zero-order valence-corrected chi connectivity index (χ0v) is 27.9. The van der Waals surface area contributed by atoms with Gasteiger partial charge in [0.2, 0.25) is 10.0 Å². The lowest BCUT2D eigenvalue weighted by atomic mass is 10.0. The number of aromatic amines is 1. The summed E-state index contributed by atoms with van der Waals surface area (Å²) >= 11 is 14.0. The van der Waals surface area contributed by atoms with E-state index in [2.05, 4.69) is 9.72 Å². The minimum atomic E-state index is -4.26. The predicted molar refractivity (Wildman–Crippen MR) is 167 cm³/mol. The number of ether oxygens (including phenoxy) is 5. The minimum absolute atomic E-state index is 0.0248. The second-order valence-electron chi connectivity index (χ2n) is 10.5. The molecule has 2 aromatic carbocycles. The number of carbonyl (C=O) groups is 1. The van der Waals surface area contributed by atoms with E-state index in [4.69, 9.17) is 42.1 Å². The summed E-state index contributed by atoms with van der Waals surface area (Å²) in [6, 6.07) is 8.59. The van der Waals surface area contributed by atoms with Crippen LogP contribution in [0.1, 0.15) is 30.1 Å². The summed E-state index contributed by atoms with van der Waals surface area (Å²) in [6.45, 7) is -2.75. The van der Waals surface area contributed by atoms with Gasteiger partial charge < -0.3 is 23.7 Å². The molecule has 0 spiro atoms. The highest BCUT2D eigenvalue weighted by Crippen LogP contribution is 2.40. The van der Waals surface area contributed by atoms with E-state index in [9.17, 15) is 22.0 Å². The number of hydrogen-bond acceptors (Lipinski definition) is 9. The number of H-pyrrole nitrogens is 1. The third kappa shape index (κ3) is 7.91. The maximum Gasteiger partial charge on any atom is 0.387 e. The third-order valence-corrected chi connectivity index (χ3v) is 11.3. The minimum Gasteiger partial charge on any atom is -0.497 e. The van der Waals surface area contributed by atoms with Crippen LogP contribution in [0.15, 0.2) is 53.7 Å². The first kappa shape index (κ1) is 34.3. The first-order valence-electron chi connectivity index (χ1n) is 14.1. The van der Waals surface area contributed by atoms with Crippen molar-refractivity contribution >= 4 is 51.0 Å². The molecule has 2 fully saturated rings. The number of nitrogens with zero attached hydrogens (tertiary/aromatic N) is 1. The van der Waals surface area contributed by atoms with Crippen LogP contribution in [-0.2, 0) is 26.0 Å². The Morgan fingerprint density at radius 3 is 2.41 bits per heavy atom. The van der Waals surface area contributed by atoms with E-state index in [1.807, 2.05) is 0 Å². The highest BCUT2D eigenvalue weighted by molar-refractivity contribution is 8.02. The van der Waals surface area contributed by atoms with Gasteiger partial charge in [0.15, 0.2) is 29.3 Å². The number of sulfonamides is 1. The Morgan fingerprint density at radius 2 is 1.76 bits per heavy atom. The maximum atomic E-state index is 13.9. The molecule has 2 aliphatic rings. The van der Waals surface area contributed by atoms with Crippen LogP contribution in [0.5, 0.6) is 23.0 Å². The number of aromatic nitrogens is 1. The van der Waals surface area contributed by atoms with Crippen molar-refractivity contribution in [3.05, 3.63) is 70.0 Å². The van der Waals surface area contributed by atoms with Crippen LogP contribution in [0.2, 0.25) is 10.0 Å². The van der Waals surface area contributed by atoms with Gasteiger partial charge in [-0.05, 0) is 48.6 Å². The van der Waals surface area contributed by atoms with Crippen molar-refractivity contribution in [2.75, 3.05) is 33.1 Å². The Labute approximate surface area is 279 Å². The van der Waals surface area contributed by atoms with Gasteiger partial charge in [-0.25, -0.2) is 18.2 Å². The number of pyridine rings is 1. The molecule has 1 N–H and O–H groups in total. The second kappa shape index (κ2) is 14.8. The number of nitrogens with one attached hydrogen (secondary N) is 1. The van der Waals surface area contributed by atoms with E-state index in [0.29, 0.717) is 35.2 Å². The number of thioether (sulfide) groups is 1. The maximum absolute atomic E-state index is 13.9. The van der Waals surface area contributed by atoms with Gasteiger partial charge in [-0.1, -0.05) is 29.3 Å². The monoisotopic (exact) mass is 719 g/mol. The molecular weight excluding hydrogens is 689 g/mol.